The van der Waals surface area contributed by atoms with E-state index in [4.69, 9.17) is 63.2 Å². The Morgan fingerprint density at radius 1 is 0.842 bits per heavy atom. The molecule has 16 heteroatoms. The molecule has 1 aromatic rings. The molecular weight excluding hydrogens is 575 g/mol. The normalized spacial score (nSPS) is 22.8. The van der Waals surface area contributed by atoms with Crippen LogP contribution in [-0.4, -0.2) is 77.7 Å². The first kappa shape index (κ1) is 31.2. The topological polar surface area (TPSA) is 165 Å². The number of alkyl halides is 3. The molecule has 5 atom stereocenters. The van der Waals surface area contributed by atoms with Crippen molar-refractivity contribution in [1.29, 1.82) is 0 Å². The molecule has 13 nitrogen and oxygen atoms in total. The molecule has 2 N–H and O–H groups in total. The van der Waals surface area contributed by atoms with Crippen LogP contribution in [0.1, 0.15) is 20.8 Å². The zero-order valence-electron chi connectivity index (χ0n) is 20.3. The Morgan fingerprint density at radius 2 is 1.45 bits per heavy atom. The second-order valence-electron chi connectivity index (χ2n) is 7.75. The van der Waals surface area contributed by atoms with Crippen molar-refractivity contribution < 1.29 is 52.4 Å². The van der Waals surface area contributed by atoms with Crippen molar-refractivity contribution in [2.75, 3.05) is 18.5 Å². The molecule has 0 bridgehead atoms. The summed E-state index contributed by atoms with van der Waals surface area (Å²) < 4.78 is 29.6. The van der Waals surface area contributed by atoms with Gasteiger partial charge in [-0.15, -0.1) is 0 Å². The van der Waals surface area contributed by atoms with Crippen LogP contribution in [0.3, 0.4) is 0 Å². The summed E-state index contributed by atoms with van der Waals surface area (Å²) in [5.41, 5.74) is 0.366. The number of amides is 2. The van der Waals surface area contributed by atoms with Gasteiger partial charge in [-0.05, 0) is 12.1 Å². The minimum absolute atomic E-state index is 0.366. The minimum atomic E-state index is -1.95. The Bertz CT molecular complexity index is 1010. The van der Waals surface area contributed by atoms with Crippen molar-refractivity contribution in [1.82, 2.24) is 5.32 Å². The molecule has 0 spiro atoms. The molecule has 210 valence electrons. The third-order valence-electron chi connectivity index (χ3n) is 4.60. The van der Waals surface area contributed by atoms with Gasteiger partial charge >= 0.3 is 30.1 Å². The second-order valence-corrected chi connectivity index (χ2v) is 10.3. The fourth-order valence-corrected chi connectivity index (χ4v) is 3.42. The summed E-state index contributed by atoms with van der Waals surface area (Å²) in [5, 5.41) is 4.77. The summed E-state index contributed by atoms with van der Waals surface area (Å²) in [7, 11) is 0. The van der Waals surface area contributed by atoms with E-state index in [0.29, 0.717) is 5.69 Å². The van der Waals surface area contributed by atoms with Gasteiger partial charge in [0.15, 0.2) is 12.2 Å². The molecule has 2 rings (SSSR count). The average Bonchev–Trinajstić information content (AvgIpc) is 2.79. The predicted octanol–water partition coefficient (Wildman–Crippen LogP) is 2.85. The number of esters is 3. The lowest BCUT2D eigenvalue weighted by atomic mass is 9.96. The van der Waals surface area contributed by atoms with Crippen LogP contribution in [-0.2, 0) is 42.8 Å². The maximum absolute atomic E-state index is 12.6. The maximum atomic E-state index is 12.6. The number of para-hydroxylation sites is 1. The Kier molecular flexibility index (Phi) is 11.7. The molecule has 0 saturated carbocycles. The van der Waals surface area contributed by atoms with Gasteiger partial charge in [-0.1, -0.05) is 53.0 Å². The lowest BCUT2D eigenvalue weighted by molar-refractivity contribution is -0.262. The van der Waals surface area contributed by atoms with Crippen molar-refractivity contribution >= 4 is 70.6 Å². The van der Waals surface area contributed by atoms with Crippen LogP contribution < -0.4 is 10.6 Å². The number of hydrogen-bond acceptors (Lipinski definition) is 11. The third-order valence-corrected chi connectivity index (χ3v) is 4.92. The molecule has 1 heterocycles. The van der Waals surface area contributed by atoms with Gasteiger partial charge in [0.1, 0.15) is 25.4 Å². The molecule has 1 aliphatic rings. The number of benzene rings is 1. The zero-order chi connectivity index (χ0) is 28.5. The standard InChI is InChI=1S/C22H25Cl3N2O11/c1-11(28)33-9-15-17(35-12(2)29)18(36-13(3)30)16(27-20(31)34-10-22(23,24)25)19(37-15)38-21(32)26-14-7-5-4-6-8-14/h4-8,15-19H,9-10H2,1-3H3,(H,26,32)(H,27,31)/t15-,16-,17-,18-,19+/m1/s1. The second kappa shape index (κ2) is 14.2. The summed E-state index contributed by atoms with van der Waals surface area (Å²) in [6.07, 6.45) is -8.12. The van der Waals surface area contributed by atoms with Crippen molar-refractivity contribution in [3.8, 4) is 0 Å². The monoisotopic (exact) mass is 598 g/mol. The van der Waals surface area contributed by atoms with E-state index >= 15 is 0 Å². The summed E-state index contributed by atoms with van der Waals surface area (Å²) in [6.45, 7) is 2.09. The molecule has 0 aliphatic carbocycles. The number of carbonyl (C=O) groups excluding carboxylic acids is 5. The molecule has 1 aliphatic heterocycles. The highest BCUT2D eigenvalue weighted by atomic mass is 35.6. The maximum Gasteiger partial charge on any atom is 0.414 e. The van der Waals surface area contributed by atoms with Crippen LogP contribution >= 0.6 is 34.8 Å². The van der Waals surface area contributed by atoms with Gasteiger partial charge in [0.05, 0.1) is 0 Å². The van der Waals surface area contributed by atoms with Crippen molar-refractivity contribution in [3.63, 3.8) is 0 Å². The first-order valence-corrected chi connectivity index (χ1v) is 12.0. The fourth-order valence-electron chi connectivity index (χ4n) is 3.26. The van der Waals surface area contributed by atoms with Gasteiger partial charge in [0.2, 0.25) is 10.1 Å². The van der Waals surface area contributed by atoms with Gasteiger partial charge in [-0.25, -0.2) is 9.59 Å². The van der Waals surface area contributed by atoms with Crippen LogP contribution in [0, 0.1) is 0 Å². The fraction of sp³-hybridized carbons (Fsp3) is 0.500. The summed E-state index contributed by atoms with van der Waals surface area (Å²) in [4.78, 5) is 60.4. The van der Waals surface area contributed by atoms with E-state index in [1.807, 2.05) is 0 Å². The van der Waals surface area contributed by atoms with Crippen molar-refractivity contribution in [3.05, 3.63) is 30.3 Å². The Morgan fingerprint density at radius 3 is 2.00 bits per heavy atom. The number of carbonyl (C=O) groups is 5. The SMILES string of the molecule is CC(=O)OC[C@H]1O[C@@H](OC(=O)Nc2ccccc2)[C@H](NC(=O)OCC(Cl)(Cl)Cl)[C@@H](OC(C)=O)[C@@H]1OC(C)=O. The van der Waals surface area contributed by atoms with Crippen LogP contribution in [0.25, 0.3) is 0 Å². The lowest BCUT2D eigenvalue weighted by Gasteiger charge is -2.44. The van der Waals surface area contributed by atoms with Crippen LogP contribution in [0.5, 0.6) is 0 Å². The van der Waals surface area contributed by atoms with Crippen molar-refractivity contribution in [2.24, 2.45) is 0 Å². The average molecular weight is 600 g/mol. The minimum Gasteiger partial charge on any atom is -0.463 e. The quantitative estimate of drug-likeness (QED) is 0.256. The number of halogens is 3. The van der Waals surface area contributed by atoms with Gasteiger partial charge in [-0.2, -0.15) is 0 Å². The first-order valence-electron chi connectivity index (χ1n) is 10.9. The number of rotatable bonds is 8. The smallest absolute Gasteiger partial charge is 0.414 e. The van der Waals surface area contributed by atoms with Crippen LogP contribution in [0.2, 0.25) is 0 Å². The van der Waals surface area contributed by atoms with Gasteiger partial charge < -0.3 is 33.7 Å². The van der Waals surface area contributed by atoms with Crippen LogP contribution in [0.4, 0.5) is 15.3 Å². The van der Waals surface area contributed by atoms with E-state index in [9.17, 15) is 24.0 Å². The third kappa shape index (κ3) is 10.8. The Hall–Kier alpha value is -3.00. The van der Waals surface area contributed by atoms with E-state index in [0.717, 1.165) is 20.8 Å². The first-order chi connectivity index (χ1) is 17.7. The zero-order valence-corrected chi connectivity index (χ0v) is 22.6. The number of ether oxygens (including phenoxy) is 6. The molecule has 38 heavy (non-hydrogen) atoms. The summed E-state index contributed by atoms with van der Waals surface area (Å²) >= 11 is 16.8. The highest BCUT2D eigenvalue weighted by Crippen LogP contribution is 2.29. The van der Waals surface area contributed by atoms with E-state index in [1.165, 1.54) is 0 Å². The van der Waals surface area contributed by atoms with Crippen LogP contribution in [0.15, 0.2) is 30.3 Å². The number of nitrogens with one attached hydrogen (secondary N) is 2. The predicted molar refractivity (Wildman–Crippen MR) is 132 cm³/mol. The number of hydrogen-bond donors (Lipinski definition) is 2. The number of anilines is 1. The van der Waals surface area contributed by atoms with E-state index in [1.54, 1.807) is 30.3 Å². The molecular formula is C22H25Cl3N2O11. The van der Waals surface area contributed by atoms with Crippen molar-refractivity contribution in [2.45, 2.75) is 55.2 Å². The largest absolute Gasteiger partial charge is 0.463 e. The molecule has 1 aromatic carbocycles. The molecule has 1 fully saturated rings. The molecule has 0 aromatic heterocycles. The molecule has 1 saturated heterocycles. The highest BCUT2D eigenvalue weighted by Gasteiger charge is 2.53. The number of alkyl carbamates (subject to hydrolysis) is 1. The lowest BCUT2D eigenvalue weighted by Crippen LogP contribution is -2.67. The van der Waals surface area contributed by atoms with E-state index < -0.39 is 77.7 Å². The molecule has 0 radical (unpaired) electrons. The molecule has 0 unspecified atom stereocenters. The van der Waals surface area contributed by atoms with Gasteiger partial charge in [0.25, 0.3) is 0 Å². The van der Waals surface area contributed by atoms with Gasteiger partial charge in [-0.3, -0.25) is 19.7 Å². The summed E-state index contributed by atoms with van der Waals surface area (Å²) in [5.74, 6) is -2.37. The molecule has 2 amide bonds. The Balaban J connectivity index is 2.40. The highest BCUT2D eigenvalue weighted by molar-refractivity contribution is 6.67. The van der Waals surface area contributed by atoms with Gasteiger partial charge in [0, 0.05) is 26.5 Å². The van der Waals surface area contributed by atoms with E-state index in [2.05, 4.69) is 10.6 Å². The Labute approximate surface area is 232 Å². The summed E-state index contributed by atoms with van der Waals surface area (Å²) in [6, 6.07) is 6.69. The van der Waals surface area contributed by atoms with E-state index in [-0.39, 0.29) is 0 Å².